The number of likely N-dealkylation sites (tertiary alicyclic amines) is 1. The molecule has 3 heterocycles. The third kappa shape index (κ3) is 5.10. The van der Waals surface area contributed by atoms with Crippen LogP contribution in [0, 0.1) is 29.5 Å². The van der Waals surface area contributed by atoms with E-state index < -0.39 is 59.0 Å². The third-order valence-corrected chi connectivity index (χ3v) is 9.90. The normalized spacial score (nSPS) is 28.7. The first-order valence-corrected chi connectivity index (χ1v) is 15.3. The van der Waals surface area contributed by atoms with Crippen LogP contribution in [0.25, 0.3) is 0 Å². The Kier molecular flexibility index (Phi) is 8.63. The van der Waals surface area contributed by atoms with Gasteiger partial charge in [-0.1, -0.05) is 31.5 Å². The highest BCUT2D eigenvalue weighted by Gasteiger charge is 2.72. The first-order chi connectivity index (χ1) is 20.3. The Hall–Kier alpha value is -3.02. The summed E-state index contributed by atoms with van der Waals surface area (Å²) in [5.41, 5.74) is 6.07. The molecule has 10 nitrogen and oxygen atoms in total. The number of benzene rings is 1. The average Bonchev–Trinajstić information content (AvgIpc) is 3.59. The summed E-state index contributed by atoms with van der Waals surface area (Å²) in [6.45, 7) is 5.94. The number of hydrogen-bond acceptors (Lipinski definition) is 7. The molecule has 1 spiro atoms. The van der Waals surface area contributed by atoms with Gasteiger partial charge in [-0.15, -0.1) is 12.4 Å². The van der Waals surface area contributed by atoms with E-state index in [9.17, 15) is 28.4 Å². The maximum absolute atomic E-state index is 14.2. The number of ketones is 1. The van der Waals surface area contributed by atoms with Crippen molar-refractivity contribution in [1.82, 2.24) is 14.7 Å². The Labute approximate surface area is 266 Å². The second kappa shape index (κ2) is 11.7. The number of ether oxygens (including phenoxy) is 1. The van der Waals surface area contributed by atoms with Crippen molar-refractivity contribution >= 4 is 53.5 Å². The van der Waals surface area contributed by atoms with Crippen LogP contribution < -0.4 is 5.73 Å². The van der Waals surface area contributed by atoms with E-state index in [1.54, 1.807) is 11.8 Å². The Bertz CT molecular complexity index is 1470. The van der Waals surface area contributed by atoms with Gasteiger partial charge in [0.2, 0.25) is 11.7 Å². The molecule has 0 aromatic heterocycles. The van der Waals surface area contributed by atoms with Gasteiger partial charge < -0.3 is 20.3 Å². The van der Waals surface area contributed by atoms with E-state index in [-0.39, 0.29) is 61.0 Å². The number of piperidine rings is 1. The van der Waals surface area contributed by atoms with Crippen molar-refractivity contribution in [3.05, 3.63) is 45.9 Å². The SMILES string of the molecule is CC(C)C[C@H](N)C(=O)O[C@@H](C)CN1C(=O)C2=C3CCN(Cc4ccc(F)c(Cl)c4)C(=O)C3C(=O)C(=O)N2[C@@]12CC[C@H]1C[C@H]12.Cl. The highest BCUT2D eigenvalue weighted by molar-refractivity contribution is 6.44. The molecule has 2 saturated heterocycles. The summed E-state index contributed by atoms with van der Waals surface area (Å²) in [7, 11) is 0. The number of halogens is 3. The molecule has 3 aliphatic heterocycles. The van der Waals surface area contributed by atoms with Gasteiger partial charge in [0.25, 0.3) is 11.8 Å². The maximum Gasteiger partial charge on any atom is 0.323 e. The summed E-state index contributed by atoms with van der Waals surface area (Å²) in [4.78, 5) is 72.5. The van der Waals surface area contributed by atoms with Crippen LogP contribution in [-0.4, -0.2) is 75.1 Å². The molecule has 0 radical (unpaired) electrons. The molecule has 13 heteroatoms. The zero-order valence-electron chi connectivity index (χ0n) is 24.9. The van der Waals surface area contributed by atoms with Crippen LogP contribution in [0.4, 0.5) is 4.39 Å². The number of carbonyl (C=O) groups excluding carboxylic acids is 5. The molecule has 44 heavy (non-hydrogen) atoms. The molecule has 2 saturated carbocycles. The molecule has 2 N–H and O–H groups in total. The summed E-state index contributed by atoms with van der Waals surface area (Å²) < 4.78 is 19.3. The molecule has 4 fully saturated rings. The lowest BCUT2D eigenvalue weighted by molar-refractivity contribution is -0.160. The fraction of sp³-hybridized carbons (Fsp3) is 0.581. The number of esters is 1. The minimum absolute atomic E-state index is 0. The fourth-order valence-corrected chi connectivity index (χ4v) is 7.85. The van der Waals surface area contributed by atoms with E-state index in [4.69, 9.17) is 22.1 Å². The Morgan fingerprint density at radius 2 is 1.91 bits per heavy atom. The van der Waals surface area contributed by atoms with E-state index in [0.29, 0.717) is 29.9 Å². The van der Waals surface area contributed by atoms with Crippen LogP contribution in [0.2, 0.25) is 5.02 Å². The van der Waals surface area contributed by atoms with Crippen LogP contribution in [0.5, 0.6) is 0 Å². The number of rotatable bonds is 8. The summed E-state index contributed by atoms with van der Waals surface area (Å²) in [6.07, 6.45) is 2.13. The smallest absolute Gasteiger partial charge is 0.323 e. The van der Waals surface area contributed by atoms with Gasteiger partial charge in [-0.05, 0) is 74.1 Å². The van der Waals surface area contributed by atoms with Gasteiger partial charge >= 0.3 is 5.97 Å². The Balaban J connectivity index is 0.00000384. The van der Waals surface area contributed by atoms with E-state index in [1.807, 2.05) is 13.8 Å². The van der Waals surface area contributed by atoms with Crippen molar-refractivity contribution in [2.24, 2.45) is 29.4 Å². The molecular weight excluding hydrogens is 614 g/mol. The van der Waals surface area contributed by atoms with Crippen molar-refractivity contribution in [2.75, 3.05) is 13.1 Å². The fourth-order valence-electron chi connectivity index (χ4n) is 7.64. The van der Waals surface area contributed by atoms with Crippen molar-refractivity contribution < 1.29 is 33.1 Å². The molecule has 5 aliphatic rings. The van der Waals surface area contributed by atoms with Gasteiger partial charge in [-0.2, -0.15) is 0 Å². The van der Waals surface area contributed by atoms with Crippen molar-refractivity contribution in [3.8, 4) is 0 Å². The van der Waals surface area contributed by atoms with Gasteiger partial charge in [-0.25, -0.2) is 4.39 Å². The zero-order chi connectivity index (χ0) is 31.0. The zero-order valence-corrected chi connectivity index (χ0v) is 26.5. The highest BCUT2D eigenvalue weighted by atomic mass is 35.5. The van der Waals surface area contributed by atoms with Crippen LogP contribution in [-0.2, 0) is 35.3 Å². The van der Waals surface area contributed by atoms with Crippen molar-refractivity contribution in [1.29, 1.82) is 0 Å². The number of fused-ring (bicyclic) bond motifs is 5. The lowest BCUT2D eigenvalue weighted by atomic mass is 9.81. The first kappa shape index (κ1) is 32.4. The molecule has 238 valence electrons. The van der Waals surface area contributed by atoms with Gasteiger partial charge in [-0.3, -0.25) is 28.9 Å². The number of amides is 3. The van der Waals surface area contributed by atoms with Crippen LogP contribution in [0.3, 0.4) is 0 Å². The number of nitrogens with two attached hydrogens (primary N) is 1. The van der Waals surface area contributed by atoms with E-state index in [1.165, 1.54) is 28.0 Å². The molecule has 6 rings (SSSR count). The lowest BCUT2D eigenvalue weighted by Gasteiger charge is -2.45. The van der Waals surface area contributed by atoms with Crippen molar-refractivity contribution in [2.45, 2.75) is 77.2 Å². The third-order valence-electron chi connectivity index (χ3n) is 9.61. The van der Waals surface area contributed by atoms with E-state index in [0.717, 1.165) is 12.8 Å². The van der Waals surface area contributed by atoms with Gasteiger partial charge in [0.1, 0.15) is 35.2 Å². The highest BCUT2D eigenvalue weighted by Crippen LogP contribution is 2.64. The Morgan fingerprint density at radius 1 is 1.18 bits per heavy atom. The second-order valence-corrected chi connectivity index (χ2v) is 13.4. The van der Waals surface area contributed by atoms with Gasteiger partial charge in [0.05, 0.1) is 11.6 Å². The summed E-state index contributed by atoms with van der Waals surface area (Å²) >= 11 is 5.92. The molecule has 1 aromatic rings. The molecule has 3 amide bonds. The van der Waals surface area contributed by atoms with Crippen LogP contribution in [0.15, 0.2) is 29.5 Å². The molecule has 1 unspecified atom stereocenters. The predicted molar refractivity (Wildman–Crippen MR) is 159 cm³/mol. The molecule has 1 aromatic carbocycles. The van der Waals surface area contributed by atoms with Crippen LogP contribution in [0.1, 0.15) is 58.4 Å². The predicted octanol–water partition coefficient (Wildman–Crippen LogP) is 3.19. The minimum Gasteiger partial charge on any atom is -0.460 e. The molecular formula is C31H37Cl2FN4O6. The quantitative estimate of drug-likeness (QED) is 0.260. The van der Waals surface area contributed by atoms with Gasteiger partial charge in [0, 0.05) is 19.0 Å². The molecule has 6 atom stereocenters. The van der Waals surface area contributed by atoms with E-state index in [2.05, 4.69) is 0 Å². The standard InChI is InChI=1S/C31H36ClFN4O6.ClH/c1-15(2)10-23(34)30(42)43-16(3)13-36-28(40)25-19-7-9-35(14-17-4-5-22(33)21(32)11-17)27(39)24(19)26(38)29(41)37(25)31(36)8-6-18-12-20(18)31;/h4-5,11,15-16,18,20,23-24H,6-10,12-14,34H2,1-3H3;1H/t16-,18-,20+,23-,24?,31+;/m0./s1. The average molecular weight is 652 g/mol. The largest absolute Gasteiger partial charge is 0.460 e. The maximum atomic E-state index is 14.2. The number of nitrogens with zero attached hydrogens (tertiary/aromatic N) is 3. The number of Topliss-reactive ketones (excluding diaryl/α,β-unsaturated/α-hetero) is 1. The number of carbonyl (C=O) groups is 5. The summed E-state index contributed by atoms with van der Waals surface area (Å²) in [6, 6.07) is 3.35. The first-order valence-electron chi connectivity index (χ1n) is 15.0. The summed E-state index contributed by atoms with van der Waals surface area (Å²) in [5, 5.41) is -0.0805. The van der Waals surface area contributed by atoms with Crippen LogP contribution >= 0.6 is 24.0 Å². The molecule has 2 aliphatic carbocycles. The monoisotopic (exact) mass is 650 g/mol. The van der Waals surface area contributed by atoms with Crippen molar-refractivity contribution in [3.63, 3.8) is 0 Å². The number of hydrogen-bond donors (Lipinski definition) is 1. The molecule has 0 bridgehead atoms. The van der Waals surface area contributed by atoms with E-state index >= 15 is 0 Å². The topological polar surface area (TPSA) is 130 Å². The van der Waals surface area contributed by atoms with Gasteiger partial charge in [0.15, 0.2) is 0 Å². The lowest BCUT2D eigenvalue weighted by Crippen LogP contribution is -2.61. The summed E-state index contributed by atoms with van der Waals surface area (Å²) in [5.74, 6) is -4.65. The minimum atomic E-state index is -1.38. The second-order valence-electron chi connectivity index (χ2n) is 13.0. The Morgan fingerprint density at radius 3 is 2.52 bits per heavy atom.